The fourth-order valence-electron chi connectivity index (χ4n) is 7.10. The Kier molecular flexibility index (Phi) is 8.23. The van der Waals surface area contributed by atoms with Gasteiger partial charge in [0.2, 0.25) is 0 Å². The van der Waals surface area contributed by atoms with Gasteiger partial charge in [0.1, 0.15) is 0 Å². The monoisotopic (exact) mass is 717 g/mol. The van der Waals surface area contributed by atoms with Gasteiger partial charge in [0.15, 0.2) is 0 Å². The first-order valence-electron chi connectivity index (χ1n) is 17.0. The Morgan fingerprint density at radius 3 is 1.35 bits per heavy atom. The molecule has 3 nitrogen and oxygen atoms in total. The summed E-state index contributed by atoms with van der Waals surface area (Å²) >= 11 is 0.0522. The molecule has 0 spiro atoms. The first-order chi connectivity index (χ1) is 25.3. The normalized spacial score (nSPS) is 11.1. The van der Waals surface area contributed by atoms with Crippen LogP contribution in [0.4, 0.5) is 0 Å². The molecule has 0 atom stereocenters. The van der Waals surface area contributed by atoms with Crippen molar-refractivity contribution in [2.24, 2.45) is 0 Å². The average molecular weight is 717 g/mol. The summed E-state index contributed by atoms with van der Waals surface area (Å²) in [6.45, 7) is 0. The van der Waals surface area contributed by atoms with Gasteiger partial charge in [-0.1, -0.05) is 0 Å². The number of hydrogen-bond acceptors (Lipinski definition) is 3. The zero-order chi connectivity index (χ0) is 34.0. The Bertz CT molecular complexity index is 2630. The van der Waals surface area contributed by atoms with Crippen LogP contribution < -0.4 is 0 Å². The van der Waals surface area contributed by atoms with Crippen molar-refractivity contribution in [1.82, 2.24) is 15.4 Å². The second-order valence-corrected chi connectivity index (χ2v) is 14.6. The predicted molar refractivity (Wildman–Crippen MR) is 212 cm³/mol. The summed E-state index contributed by atoms with van der Waals surface area (Å²) in [5.41, 5.74) is 14.1. The Labute approximate surface area is 303 Å². The molecule has 0 saturated carbocycles. The van der Waals surface area contributed by atoms with E-state index in [0.29, 0.717) is 0 Å². The number of nitrogens with zero attached hydrogens (tertiary/aromatic N) is 3. The van der Waals surface area contributed by atoms with E-state index in [1.165, 1.54) is 41.9 Å². The van der Waals surface area contributed by atoms with Gasteiger partial charge in [-0.3, -0.25) is 0 Å². The van der Waals surface area contributed by atoms with E-state index < -0.39 is 0 Å². The molecule has 4 heteroatoms. The molecule has 0 N–H and O–H groups in total. The number of rotatable bonds is 7. The summed E-state index contributed by atoms with van der Waals surface area (Å²) in [6, 6.07) is 66.6. The molecular formula is C47H31N3Se. The van der Waals surface area contributed by atoms with Crippen LogP contribution in [0.3, 0.4) is 0 Å². The van der Waals surface area contributed by atoms with Gasteiger partial charge in [0.25, 0.3) is 0 Å². The molecule has 0 bridgehead atoms. The van der Waals surface area contributed by atoms with Crippen molar-refractivity contribution in [3.8, 4) is 77.0 Å². The molecular weight excluding hydrogens is 685 g/mol. The Morgan fingerprint density at radius 1 is 0.314 bits per heavy atom. The maximum absolute atomic E-state index is 4.91. The number of aromatic nitrogens is 3. The van der Waals surface area contributed by atoms with E-state index in [0.717, 1.165) is 44.8 Å². The molecule has 0 aliphatic heterocycles. The van der Waals surface area contributed by atoms with Crippen LogP contribution in [-0.4, -0.2) is 29.9 Å². The van der Waals surface area contributed by atoms with E-state index in [1.54, 1.807) is 0 Å². The van der Waals surface area contributed by atoms with Crippen LogP contribution in [0, 0.1) is 0 Å². The van der Waals surface area contributed by atoms with Crippen LogP contribution in [0.1, 0.15) is 0 Å². The van der Waals surface area contributed by atoms with Gasteiger partial charge in [-0.15, -0.1) is 0 Å². The molecule has 0 amide bonds. The first-order valence-corrected chi connectivity index (χ1v) is 18.8. The zero-order valence-corrected chi connectivity index (χ0v) is 29.4. The SMILES string of the molecule is c1ccc(-c2ccccc2-c2c(-c3ccccc3)nnnc2-c2ccccc2-c2[se]c3ccccc3c2-c2ccccc2-c2ccccc2)cc1. The molecule has 0 unspecified atom stereocenters. The van der Waals surface area contributed by atoms with Gasteiger partial charge in [-0.05, 0) is 0 Å². The average Bonchev–Trinajstić information content (AvgIpc) is 3.61. The maximum atomic E-state index is 4.91. The van der Waals surface area contributed by atoms with Crippen molar-refractivity contribution >= 4 is 24.1 Å². The van der Waals surface area contributed by atoms with E-state index in [9.17, 15) is 0 Å². The van der Waals surface area contributed by atoms with Gasteiger partial charge < -0.3 is 0 Å². The molecule has 9 rings (SSSR count). The molecule has 2 heterocycles. The molecule has 51 heavy (non-hydrogen) atoms. The van der Waals surface area contributed by atoms with Gasteiger partial charge in [-0.2, -0.15) is 0 Å². The van der Waals surface area contributed by atoms with Crippen LogP contribution in [-0.2, 0) is 0 Å². The van der Waals surface area contributed by atoms with E-state index in [2.05, 4.69) is 187 Å². The summed E-state index contributed by atoms with van der Waals surface area (Å²) in [6.07, 6.45) is 0. The van der Waals surface area contributed by atoms with Gasteiger partial charge in [0.05, 0.1) is 0 Å². The fourth-order valence-corrected chi connectivity index (χ4v) is 9.73. The summed E-state index contributed by atoms with van der Waals surface area (Å²) in [5, 5.41) is 15.4. The van der Waals surface area contributed by atoms with Crippen molar-refractivity contribution in [2.45, 2.75) is 0 Å². The van der Waals surface area contributed by atoms with Crippen molar-refractivity contribution < 1.29 is 0 Å². The summed E-state index contributed by atoms with van der Waals surface area (Å²) in [5.74, 6) is 0. The molecule has 7 aromatic carbocycles. The Balaban J connectivity index is 1.34. The standard InChI is InChI=1S/C47H31N3Se/c1-4-18-32(19-5-1)35-24-10-12-26-37(35)43-41-30-16-17-31-42(41)51-47(43)40-29-15-14-28-39(40)46-44(45(48-50-49-46)34-22-8-3-9-23-34)38-27-13-11-25-36(38)33-20-6-2-7-21-33/h1-31H. The van der Waals surface area contributed by atoms with E-state index in [4.69, 9.17) is 10.2 Å². The van der Waals surface area contributed by atoms with Crippen molar-refractivity contribution in [3.63, 3.8) is 0 Å². The molecule has 0 aliphatic rings. The predicted octanol–water partition coefficient (Wildman–Crippen LogP) is 11.8. The van der Waals surface area contributed by atoms with Crippen LogP contribution in [0.25, 0.3) is 86.7 Å². The molecule has 0 radical (unpaired) electrons. The fraction of sp³-hybridized carbons (Fsp3) is 0. The number of hydrogen-bond donors (Lipinski definition) is 0. The van der Waals surface area contributed by atoms with Crippen LogP contribution in [0.15, 0.2) is 188 Å². The van der Waals surface area contributed by atoms with E-state index in [1.807, 2.05) is 6.07 Å². The van der Waals surface area contributed by atoms with Gasteiger partial charge >= 0.3 is 305 Å². The minimum absolute atomic E-state index is 0.0522. The molecule has 0 fully saturated rings. The third kappa shape index (κ3) is 5.71. The molecule has 2 aromatic heterocycles. The molecule has 240 valence electrons. The molecule has 0 aliphatic carbocycles. The summed E-state index contributed by atoms with van der Waals surface area (Å²) < 4.78 is 2.72. The third-order valence-electron chi connectivity index (χ3n) is 9.39. The van der Waals surface area contributed by atoms with Gasteiger partial charge in [-0.25, -0.2) is 0 Å². The van der Waals surface area contributed by atoms with Crippen LogP contribution in [0.2, 0.25) is 0 Å². The Morgan fingerprint density at radius 2 is 0.745 bits per heavy atom. The Hall–Kier alpha value is -6.19. The van der Waals surface area contributed by atoms with Crippen LogP contribution in [0.5, 0.6) is 0 Å². The summed E-state index contributed by atoms with van der Waals surface area (Å²) in [4.78, 5) is 0. The number of fused-ring (bicyclic) bond motifs is 1. The molecule has 0 saturated heterocycles. The van der Waals surface area contributed by atoms with Crippen molar-refractivity contribution in [2.75, 3.05) is 0 Å². The quantitative estimate of drug-likeness (QED) is 0.154. The zero-order valence-electron chi connectivity index (χ0n) is 27.6. The third-order valence-corrected chi connectivity index (χ3v) is 11.9. The van der Waals surface area contributed by atoms with Crippen molar-refractivity contribution in [1.29, 1.82) is 0 Å². The minimum atomic E-state index is 0.0522. The van der Waals surface area contributed by atoms with Crippen LogP contribution >= 0.6 is 0 Å². The van der Waals surface area contributed by atoms with E-state index in [-0.39, 0.29) is 14.5 Å². The number of benzene rings is 7. The molecule has 9 aromatic rings. The second kappa shape index (κ2) is 13.6. The first kappa shape index (κ1) is 30.8. The summed E-state index contributed by atoms with van der Waals surface area (Å²) in [7, 11) is 0. The van der Waals surface area contributed by atoms with E-state index >= 15 is 0 Å². The van der Waals surface area contributed by atoms with Gasteiger partial charge in [0, 0.05) is 0 Å². The topological polar surface area (TPSA) is 38.7 Å². The second-order valence-electron chi connectivity index (χ2n) is 12.4. The van der Waals surface area contributed by atoms with Crippen molar-refractivity contribution in [3.05, 3.63) is 188 Å².